The molecule has 1 aromatic carbocycles. The maximum Gasteiger partial charge on any atom is 0.353 e. The number of nitro groups is 1. The zero-order valence-corrected chi connectivity index (χ0v) is 11.9. The highest BCUT2D eigenvalue weighted by Crippen LogP contribution is 2.39. The highest BCUT2D eigenvalue weighted by atomic mass is 16.6. The number of aromatic nitrogens is 2. The van der Waals surface area contributed by atoms with E-state index in [0.717, 1.165) is 25.1 Å². The Kier molecular flexibility index (Phi) is 3.25. The van der Waals surface area contributed by atoms with Crippen LogP contribution in [-0.2, 0) is 13.5 Å². The third-order valence-corrected chi connectivity index (χ3v) is 3.57. The van der Waals surface area contributed by atoms with Crippen molar-refractivity contribution >= 4 is 11.4 Å². The molecule has 0 spiro atoms. The largest absolute Gasteiger partial charge is 0.432 e. The van der Waals surface area contributed by atoms with Crippen molar-refractivity contribution in [2.75, 3.05) is 11.9 Å². The molecule has 0 amide bonds. The van der Waals surface area contributed by atoms with Gasteiger partial charge < -0.3 is 10.1 Å². The van der Waals surface area contributed by atoms with E-state index in [4.69, 9.17) is 4.74 Å². The minimum atomic E-state index is -0.458. The molecule has 3 rings (SSSR count). The Morgan fingerprint density at radius 3 is 3.05 bits per heavy atom. The Morgan fingerprint density at radius 1 is 1.48 bits per heavy atom. The van der Waals surface area contributed by atoms with E-state index in [1.165, 1.54) is 10.2 Å². The number of aryl methyl sites for hydroxylation is 3. The number of nitrogens with one attached hydrogen (secondary N) is 1. The van der Waals surface area contributed by atoms with Crippen LogP contribution in [0.3, 0.4) is 0 Å². The molecule has 1 aromatic heterocycles. The van der Waals surface area contributed by atoms with Gasteiger partial charge >= 0.3 is 5.69 Å². The average Bonchev–Trinajstić information content (AvgIpc) is 2.73. The van der Waals surface area contributed by atoms with Crippen molar-refractivity contribution in [3.05, 3.63) is 39.6 Å². The first-order chi connectivity index (χ1) is 10.1. The van der Waals surface area contributed by atoms with Gasteiger partial charge in [-0.2, -0.15) is 5.10 Å². The van der Waals surface area contributed by atoms with Crippen LogP contribution in [0.4, 0.5) is 11.4 Å². The molecule has 0 atom stereocenters. The summed E-state index contributed by atoms with van der Waals surface area (Å²) in [6, 6.07) is 5.75. The quantitative estimate of drug-likeness (QED) is 0.693. The predicted molar refractivity (Wildman–Crippen MR) is 77.9 cm³/mol. The van der Waals surface area contributed by atoms with Crippen LogP contribution in [0.1, 0.15) is 17.7 Å². The van der Waals surface area contributed by atoms with E-state index in [9.17, 15) is 10.1 Å². The summed E-state index contributed by atoms with van der Waals surface area (Å²) < 4.78 is 7.22. The minimum Gasteiger partial charge on any atom is -0.432 e. The van der Waals surface area contributed by atoms with Crippen LogP contribution in [-0.4, -0.2) is 21.2 Å². The lowest BCUT2D eigenvalue weighted by molar-refractivity contribution is -0.386. The van der Waals surface area contributed by atoms with Gasteiger partial charge in [0.05, 0.1) is 10.6 Å². The molecular formula is C14H16N4O3. The van der Waals surface area contributed by atoms with E-state index in [2.05, 4.69) is 10.4 Å². The van der Waals surface area contributed by atoms with Crippen molar-refractivity contribution in [3.8, 4) is 11.6 Å². The van der Waals surface area contributed by atoms with Gasteiger partial charge in [-0.25, -0.2) is 4.68 Å². The molecule has 7 heteroatoms. The first-order valence-corrected chi connectivity index (χ1v) is 6.79. The van der Waals surface area contributed by atoms with E-state index < -0.39 is 4.92 Å². The first-order valence-electron chi connectivity index (χ1n) is 6.79. The van der Waals surface area contributed by atoms with Crippen molar-refractivity contribution in [1.29, 1.82) is 0 Å². The third kappa shape index (κ3) is 2.31. The van der Waals surface area contributed by atoms with E-state index in [1.54, 1.807) is 14.0 Å². The zero-order valence-electron chi connectivity index (χ0n) is 11.9. The SMILES string of the molecule is Cc1nn(C)c(Oc2cccc3c2NCCC3)c1[N+](=O)[O-]. The molecular weight excluding hydrogens is 272 g/mol. The minimum absolute atomic E-state index is 0.0917. The lowest BCUT2D eigenvalue weighted by Gasteiger charge is -2.20. The number of ether oxygens (including phenoxy) is 1. The van der Waals surface area contributed by atoms with Crippen molar-refractivity contribution < 1.29 is 9.66 Å². The summed E-state index contributed by atoms with van der Waals surface area (Å²) in [5.41, 5.74) is 2.33. The predicted octanol–water partition coefficient (Wildman–Crippen LogP) is 2.79. The van der Waals surface area contributed by atoms with Crippen LogP contribution in [0.25, 0.3) is 0 Å². The Hall–Kier alpha value is -2.57. The van der Waals surface area contributed by atoms with Crippen LogP contribution < -0.4 is 10.1 Å². The smallest absolute Gasteiger partial charge is 0.353 e. The molecule has 21 heavy (non-hydrogen) atoms. The number of hydrogen-bond acceptors (Lipinski definition) is 5. The number of para-hydroxylation sites is 1. The maximum atomic E-state index is 11.2. The molecule has 110 valence electrons. The molecule has 0 aliphatic carbocycles. The van der Waals surface area contributed by atoms with Crippen LogP contribution in [0, 0.1) is 17.0 Å². The first kappa shape index (κ1) is 13.4. The fraction of sp³-hybridized carbons (Fsp3) is 0.357. The van der Waals surface area contributed by atoms with Crippen molar-refractivity contribution in [1.82, 2.24) is 9.78 Å². The fourth-order valence-electron chi connectivity index (χ4n) is 2.62. The van der Waals surface area contributed by atoms with Gasteiger partial charge in [0.15, 0.2) is 5.75 Å². The van der Waals surface area contributed by atoms with Crippen LogP contribution in [0.2, 0.25) is 0 Å². The molecule has 0 bridgehead atoms. The molecule has 0 radical (unpaired) electrons. The van der Waals surface area contributed by atoms with E-state index in [0.29, 0.717) is 11.4 Å². The standard InChI is InChI=1S/C14H16N4O3/c1-9-13(18(19)20)14(17(2)16-9)21-11-7-3-5-10-6-4-8-15-12(10)11/h3,5,7,15H,4,6,8H2,1-2H3. The number of benzene rings is 1. The highest BCUT2D eigenvalue weighted by Gasteiger charge is 2.27. The molecule has 2 heterocycles. The van der Waals surface area contributed by atoms with Gasteiger partial charge in [-0.05, 0) is 31.4 Å². The fourth-order valence-corrected chi connectivity index (χ4v) is 2.62. The lowest BCUT2D eigenvalue weighted by atomic mass is 10.0. The van der Waals surface area contributed by atoms with Gasteiger partial charge in [0.2, 0.25) is 0 Å². The number of nitrogens with zero attached hydrogens (tertiary/aromatic N) is 3. The third-order valence-electron chi connectivity index (χ3n) is 3.57. The van der Waals surface area contributed by atoms with Gasteiger partial charge in [0, 0.05) is 13.6 Å². The van der Waals surface area contributed by atoms with Crippen LogP contribution in [0.5, 0.6) is 11.6 Å². The second-order valence-corrected chi connectivity index (χ2v) is 5.04. The summed E-state index contributed by atoms with van der Waals surface area (Å²) in [7, 11) is 1.64. The molecule has 0 fully saturated rings. The van der Waals surface area contributed by atoms with Gasteiger partial charge in [-0.15, -0.1) is 0 Å². The summed E-state index contributed by atoms with van der Waals surface area (Å²) >= 11 is 0. The number of fused-ring (bicyclic) bond motifs is 1. The van der Waals surface area contributed by atoms with E-state index in [-0.39, 0.29) is 11.6 Å². The van der Waals surface area contributed by atoms with Crippen LogP contribution in [0.15, 0.2) is 18.2 Å². The van der Waals surface area contributed by atoms with Crippen molar-refractivity contribution in [3.63, 3.8) is 0 Å². The van der Waals surface area contributed by atoms with Gasteiger partial charge in [-0.1, -0.05) is 12.1 Å². The molecule has 0 unspecified atom stereocenters. The van der Waals surface area contributed by atoms with E-state index in [1.807, 2.05) is 18.2 Å². The topological polar surface area (TPSA) is 82.2 Å². The Bertz CT molecular complexity index is 708. The van der Waals surface area contributed by atoms with Crippen molar-refractivity contribution in [2.45, 2.75) is 19.8 Å². The van der Waals surface area contributed by atoms with Gasteiger partial charge in [-0.3, -0.25) is 10.1 Å². The summed E-state index contributed by atoms with van der Waals surface area (Å²) in [6.45, 7) is 2.48. The Morgan fingerprint density at radius 2 is 2.29 bits per heavy atom. The summed E-state index contributed by atoms with van der Waals surface area (Å²) in [5.74, 6) is 0.747. The van der Waals surface area contributed by atoms with Crippen LogP contribution >= 0.6 is 0 Å². The van der Waals surface area contributed by atoms with Gasteiger partial charge in [0.1, 0.15) is 5.69 Å². The Balaban J connectivity index is 2.04. The number of rotatable bonds is 3. The molecule has 1 aliphatic rings. The monoisotopic (exact) mass is 288 g/mol. The molecule has 0 saturated carbocycles. The van der Waals surface area contributed by atoms with Crippen molar-refractivity contribution in [2.24, 2.45) is 7.05 Å². The zero-order chi connectivity index (χ0) is 15.0. The highest BCUT2D eigenvalue weighted by molar-refractivity contribution is 5.64. The van der Waals surface area contributed by atoms with Gasteiger partial charge in [0.25, 0.3) is 5.88 Å². The number of anilines is 1. The Labute approximate surface area is 121 Å². The molecule has 2 aromatic rings. The molecule has 1 aliphatic heterocycles. The summed E-state index contributed by atoms with van der Waals surface area (Å²) in [4.78, 5) is 10.7. The maximum absolute atomic E-state index is 11.2. The lowest BCUT2D eigenvalue weighted by Crippen LogP contribution is -2.12. The van der Waals surface area contributed by atoms with E-state index >= 15 is 0 Å². The second kappa shape index (κ2) is 5.08. The molecule has 7 nitrogen and oxygen atoms in total. The summed E-state index contributed by atoms with van der Waals surface area (Å²) in [5, 5.41) is 18.6. The average molecular weight is 288 g/mol. The summed E-state index contributed by atoms with van der Waals surface area (Å²) in [6.07, 6.45) is 2.05. The molecule has 0 saturated heterocycles. The second-order valence-electron chi connectivity index (χ2n) is 5.04. The normalized spacial score (nSPS) is 13.4. The number of hydrogen-bond donors (Lipinski definition) is 1. The molecule has 1 N–H and O–H groups in total.